The molecule has 1 aromatic heterocycles. The number of carbonyl (C=O) groups excluding carboxylic acids is 3. The molecule has 0 aliphatic heterocycles. The monoisotopic (exact) mass is 283 g/mol. The predicted octanol–water partition coefficient (Wildman–Crippen LogP) is -0.600. The normalized spacial score (nSPS) is 12.2. The summed E-state index contributed by atoms with van der Waals surface area (Å²) in [4.78, 5) is 34.8. The molecule has 110 valence electrons. The molecule has 0 aromatic carbocycles. The lowest BCUT2D eigenvalue weighted by Crippen LogP contribution is -2.40. The molecule has 0 aliphatic rings. The Hall–Kier alpha value is -2.35. The van der Waals surface area contributed by atoms with Crippen molar-refractivity contribution in [1.29, 1.82) is 0 Å². The Bertz CT molecular complexity index is 495. The minimum Gasteiger partial charge on any atom is -0.463 e. The van der Waals surface area contributed by atoms with Gasteiger partial charge in [-0.3, -0.25) is 14.5 Å². The van der Waals surface area contributed by atoms with E-state index in [1.807, 2.05) is 0 Å². The third-order valence-corrected chi connectivity index (χ3v) is 2.69. The van der Waals surface area contributed by atoms with Crippen LogP contribution < -0.4 is 11.5 Å². The zero-order valence-corrected chi connectivity index (χ0v) is 11.3. The van der Waals surface area contributed by atoms with Gasteiger partial charge in [0.2, 0.25) is 17.6 Å². The molecule has 1 unspecified atom stereocenters. The van der Waals surface area contributed by atoms with Crippen molar-refractivity contribution in [3.8, 4) is 0 Å². The van der Waals surface area contributed by atoms with Gasteiger partial charge in [-0.2, -0.15) is 0 Å². The second-order valence-corrected chi connectivity index (χ2v) is 4.21. The summed E-state index contributed by atoms with van der Waals surface area (Å²) in [6, 6.07) is 2.56. The molecule has 0 bridgehead atoms. The average Bonchev–Trinajstić information content (AvgIpc) is 2.84. The van der Waals surface area contributed by atoms with Gasteiger partial charge in [-0.05, 0) is 19.1 Å². The van der Waals surface area contributed by atoms with Gasteiger partial charge >= 0.3 is 5.97 Å². The number of amides is 2. The number of hydrogen-bond acceptors (Lipinski definition) is 6. The van der Waals surface area contributed by atoms with Gasteiger partial charge in [-0.15, -0.1) is 0 Å². The summed E-state index contributed by atoms with van der Waals surface area (Å²) in [5.74, 6) is -1.38. The zero-order valence-electron chi connectivity index (χ0n) is 11.3. The van der Waals surface area contributed by atoms with Crippen molar-refractivity contribution in [3.63, 3.8) is 0 Å². The number of carbonyl (C=O) groups is 3. The molecule has 1 heterocycles. The van der Waals surface area contributed by atoms with Crippen molar-refractivity contribution in [2.24, 2.45) is 11.5 Å². The third kappa shape index (κ3) is 4.09. The van der Waals surface area contributed by atoms with Crippen LogP contribution in [0.15, 0.2) is 16.5 Å². The van der Waals surface area contributed by atoms with E-state index in [2.05, 4.69) is 4.74 Å². The van der Waals surface area contributed by atoms with E-state index in [0.717, 1.165) is 0 Å². The van der Waals surface area contributed by atoms with Gasteiger partial charge in [0.1, 0.15) is 5.76 Å². The van der Waals surface area contributed by atoms with Crippen molar-refractivity contribution in [1.82, 2.24) is 4.90 Å². The number of primary amides is 2. The number of esters is 1. The van der Waals surface area contributed by atoms with Crippen LogP contribution in [0.1, 0.15) is 29.3 Å². The van der Waals surface area contributed by atoms with Crippen LogP contribution in [0.5, 0.6) is 0 Å². The van der Waals surface area contributed by atoms with Gasteiger partial charge in [0.25, 0.3) is 0 Å². The van der Waals surface area contributed by atoms with Crippen molar-refractivity contribution in [2.45, 2.75) is 13.0 Å². The average molecular weight is 283 g/mol. The highest BCUT2D eigenvalue weighted by molar-refractivity contribution is 5.86. The van der Waals surface area contributed by atoms with Crippen LogP contribution in [0.2, 0.25) is 0 Å². The molecule has 8 heteroatoms. The molecular weight excluding hydrogens is 266 g/mol. The van der Waals surface area contributed by atoms with Gasteiger partial charge in [-0.1, -0.05) is 0 Å². The highest BCUT2D eigenvalue weighted by Gasteiger charge is 2.23. The molecule has 8 nitrogen and oxygen atoms in total. The standard InChI is InChI=1S/C12H17N3O5/c1-7(15(5-10(13)16)6-11(14)17)8-3-4-9(20-8)12(18)19-2/h3-4,7H,5-6H2,1-2H3,(H2,13,16)(H2,14,17). The number of furan rings is 1. The molecule has 1 atom stereocenters. The van der Waals surface area contributed by atoms with Crippen LogP contribution in [0.3, 0.4) is 0 Å². The molecule has 0 spiro atoms. The fraction of sp³-hybridized carbons (Fsp3) is 0.417. The summed E-state index contributed by atoms with van der Waals surface area (Å²) in [5.41, 5.74) is 10.2. The summed E-state index contributed by atoms with van der Waals surface area (Å²) < 4.78 is 9.85. The van der Waals surface area contributed by atoms with Gasteiger partial charge in [0.05, 0.1) is 26.2 Å². The number of ether oxygens (including phenoxy) is 1. The van der Waals surface area contributed by atoms with Crippen LogP contribution in [0, 0.1) is 0 Å². The predicted molar refractivity (Wildman–Crippen MR) is 68.4 cm³/mol. The van der Waals surface area contributed by atoms with E-state index in [9.17, 15) is 14.4 Å². The van der Waals surface area contributed by atoms with E-state index >= 15 is 0 Å². The first-order chi connectivity index (χ1) is 9.35. The van der Waals surface area contributed by atoms with Crippen LogP contribution in [-0.4, -0.2) is 42.9 Å². The van der Waals surface area contributed by atoms with E-state index in [0.29, 0.717) is 5.76 Å². The van der Waals surface area contributed by atoms with E-state index in [1.165, 1.54) is 18.1 Å². The number of methoxy groups -OCH3 is 1. The molecular formula is C12H17N3O5. The van der Waals surface area contributed by atoms with E-state index in [1.54, 1.807) is 13.0 Å². The minimum atomic E-state index is -0.611. The number of rotatable bonds is 7. The minimum absolute atomic E-state index is 0.0347. The molecule has 2 amide bonds. The lowest BCUT2D eigenvalue weighted by Gasteiger charge is -2.24. The molecule has 0 saturated heterocycles. The molecule has 0 radical (unpaired) electrons. The number of hydrogen-bond donors (Lipinski definition) is 2. The van der Waals surface area contributed by atoms with Crippen LogP contribution >= 0.6 is 0 Å². The quantitative estimate of drug-likeness (QED) is 0.643. The van der Waals surface area contributed by atoms with Crippen molar-refractivity contribution in [2.75, 3.05) is 20.2 Å². The first-order valence-electron chi connectivity index (χ1n) is 5.83. The van der Waals surface area contributed by atoms with E-state index in [4.69, 9.17) is 15.9 Å². The van der Waals surface area contributed by atoms with Crippen LogP contribution in [0.25, 0.3) is 0 Å². The van der Waals surface area contributed by atoms with Crippen molar-refractivity contribution >= 4 is 17.8 Å². The highest BCUT2D eigenvalue weighted by Crippen LogP contribution is 2.22. The Kier molecular flexibility index (Phi) is 5.27. The fourth-order valence-electron chi connectivity index (χ4n) is 1.70. The summed E-state index contributed by atoms with van der Waals surface area (Å²) in [5, 5.41) is 0. The molecule has 20 heavy (non-hydrogen) atoms. The van der Waals surface area contributed by atoms with Crippen molar-refractivity contribution in [3.05, 3.63) is 23.7 Å². The first-order valence-corrected chi connectivity index (χ1v) is 5.83. The maximum Gasteiger partial charge on any atom is 0.373 e. The second-order valence-electron chi connectivity index (χ2n) is 4.21. The molecule has 0 aliphatic carbocycles. The first kappa shape index (κ1) is 15.7. The number of nitrogens with zero attached hydrogens (tertiary/aromatic N) is 1. The summed E-state index contributed by atoms with van der Waals surface area (Å²) in [6.45, 7) is 1.39. The third-order valence-electron chi connectivity index (χ3n) is 2.69. The van der Waals surface area contributed by atoms with Gasteiger partial charge in [0, 0.05) is 0 Å². The van der Waals surface area contributed by atoms with Crippen molar-refractivity contribution < 1.29 is 23.5 Å². The van der Waals surface area contributed by atoms with Gasteiger partial charge in [-0.25, -0.2) is 4.79 Å². The zero-order chi connectivity index (χ0) is 15.3. The Morgan fingerprint density at radius 1 is 1.25 bits per heavy atom. The Balaban J connectivity index is 2.90. The van der Waals surface area contributed by atoms with Crippen LogP contribution in [-0.2, 0) is 14.3 Å². The molecule has 0 saturated carbocycles. The summed E-state index contributed by atoms with van der Waals surface area (Å²) in [7, 11) is 1.24. The Labute approximate surface area is 115 Å². The smallest absolute Gasteiger partial charge is 0.373 e. The lowest BCUT2D eigenvalue weighted by atomic mass is 10.2. The Morgan fingerprint density at radius 3 is 2.25 bits per heavy atom. The fourth-order valence-corrected chi connectivity index (χ4v) is 1.70. The summed E-state index contributed by atoms with van der Waals surface area (Å²) >= 11 is 0. The van der Waals surface area contributed by atoms with Crippen LogP contribution in [0.4, 0.5) is 0 Å². The molecule has 1 rings (SSSR count). The van der Waals surface area contributed by atoms with Gasteiger partial charge < -0.3 is 20.6 Å². The largest absolute Gasteiger partial charge is 0.463 e. The Morgan fingerprint density at radius 2 is 1.80 bits per heavy atom. The van der Waals surface area contributed by atoms with Gasteiger partial charge in [0.15, 0.2) is 0 Å². The molecule has 4 N–H and O–H groups in total. The molecule has 1 aromatic rings. The summed E-state index contributed by atoms with van der Waals surface area (Å²) in [6.07, 6.45) is 0. The lowest BCUT2D eigenvalue weighted by molar-refractivity contribution is -0.122. The topological polar surface area (TPSA) is 129 Å². The van der Waals surface area contributed by atoms with E-state index in [-0.39, 0.29) is 18.8 Å². The SMILES string of the molecule is COC(=O)c1ccc(C(C)N(CC(N)=O)CC(N)=O)o1. The maximum absolute atomic E-state index is 11.3. The second kappa shape index (κ2) is 6.71. The maximum atomic E-state index is 11.3. The molecule has 0 fully saturated rings. The van der Waals surface area contributed by atoms with E-state index < -0.39 is 23.8 Å². The highest BCUT2D eigenvalue weighted by atomic mass is 16.5. The number of nitrogens with two attached hydrogens (primary N) is 2.